The smallest absolute Gasteiger partial charge is 0.150 e. The molecular formula is C20H28N4OS. The lowest BCUT2D eigenvalue weighted by Crippen LogP contribution is -2.54. The number of aromatic nitrogens is 1. The van der Waals surface area contributed by atoms with Gasteiger partial charge < -0.3 is 10.0 Å². The number of piperazine rings is 1. The Morgan fingerprint density at radius 3 is 2.54 bits per heavy atom. The number of nitrogens with zero attached hydrogens (tertiary/aromatic N) is 4. The van der Waals surface area contributed by atoms with E-state index in [1.165, 1.54) is 35.8 Å². The summed E-state index contributed by atoms with van der Waals surface area (Å²) >= 11 is 1.60. The van der Waals surface area contributed by atoms with Crippen LogP contribution < -0.4 is 4.90 Å². The van der Waals surface area contributed by atoms with E-state index < -0.39 is 0 Å². The highest BCUT2D eigenvalue weighted by atomic mass is 32.1. The average molecular weight is 373 g/mol. The predicted octanol–water partition coefficient (Wildman–Crippen LogP) is 2.41. The van der Waals surface area contributed by atoms with Crippen LogP contribution in [-0.2, 0) is 0 Å². The molecule has 0 spiro atoms. The molecule has 2 aromatic rings. The van der Waals surface area contributed by atoms with Crippen molar-refractivity contribution in [3.05, 3.63) is 24.3 Å². The molecule has 3 heterocycles. The van der Waals surface area contributed by atoms with Gasteiger partial charge in [0, 0.05) is 56.7 Å². The van der Waals surface area contributed by atoms with Crippen LogP contribution in [0.2, 0.25) is 0 Å². The van der Waals surface area contributed by atoms with Gasteiger partial charge in [-0.2, -0.15) is 4.37 Å². The number of rotatable bonds is 3. The van der Waals surface area contributed by atoms with E-state index in [4.69, 9.17) is 4.37 Å². The summed E-state index contributed by atoms with van der Waals surface area (Å²) in [5.41, 5.74) is 0. The van der Waals surface area contributed by atoms with Gasteiger partial charge in [0.25, 0.3) is 0 Å². The van der Waals surface area contributed by atoms with E-state index in [-0.39, 0.29) is 6.10 Å². The normalized spacial score (nSPS) is 29.2. The zero-order valence-corrected chi connectivity index (χ0v) is 16.1. The minimum atomic E-state index is -0.192. The molecule has 2 aliphatic heterocycles. The van der Waals surface area contributed by atoms with E-state index in [1.807, 2.05) is 0 Å². The van der Waals surface area contributed by atoms with Crippen molar-refractivity contribution in [3.63, 3.8) is 0 Å². The lowest BCUT2D eigenvalue weighted by Gasteiger charge is -2.39. The van der Waals surface area contributed by atoms with Crippen LogP contribution in [0.25, 0.3) is 10.1 Å². The number of hydrogen-bond donors (Lipinski definition) is 1. The molecule has 26 heavy (non-hydrogen) atoms. The zero-order chi connectivity index (χ0) is 17.5. The van der Waals surface area contributed by atoms with Gasteiger partial charge in [0.15, 0.2) is 0 Å². The number of β-amino-alcohol motifs (C(OH)–C–C–N with tert-alkyl or cyclic N) is 1. The number of anilines is 1. The van der Waals surface area contributed by atoms with Gasteiger partial charge in [0.05, 0.1) is 10.8 Å². The third kappa shape index (κ3) is 3.03. The first-order valence-electron chi connectivity index (χ1n) is 10.0. The fourth-order valence-electron chi connectivity index (χ4n) is 5.09. The van der Waals surface area contributed by atoms with Gasteiger partial charge in [-0.05, 0) is 36.5 Å². The molecule has 140 valence electrons. The molecule has 0 radical (unpaired) electrons. The second kappa shape index (κ2) is 7.08. The summed E-state index contributed by atoms with van der Waals surface area (Å²) in [7, 11) is 0. The highest BCUT2D eigenvalue weighted by Crippen LogP contribution is 2.31. The molecule has 1 aromatic heterocycles. The average Bonchev–Trinajstić information content (AvgIpc) is 3.41. The van der Waals surface area contributed by atoms with Crippen molar-refractivity contribution in [1.82, 2.24) is 14.2 Å². The molecule has 5 nitrogen and oxygen atoms in total. The molecule has 0 bridgehead atoms. The van der Waals surface area contributed by atoms with Gasteiger partial charge in [-0.15, -0.1) is 0 Å². The van der Waals surface area contributed by atoms with Crippen LogP contribution in [0.5, 0.6) is 0 Å². The summed E-state index contributed by atoms with van der Waals surface area (Å²) in [6, 6.07) is 9.55. The highest BCUT2D eigenvalue weighted by molar-refractivity contribution is 7.13. The van der Waals surface area contributed by atoms with Crippen LogP contribution in [0.4, 0.5) is 5.82 Å². The zero-order valence-electron chi connectivity index (χ0n) is 15.3. The Morgan fingerprint density at radius 1 is 0.962 bits per heavy atom. The maximum absolute atomic E-state index is 10.7. The van der Waals surface area contributed by atoms with Crippen LogP contribution in [-0.4, -0.2) is 76.7 Å². The van der Waals surface area contributed by atoms with E-state index in [1.54, 1.807) is 11.5 Å². The maximum atomic E-state index is 10.7. The molecule has 2 saturated heterocycles. The van der Waals surface area contributed by atoms with Gasteiger partial charge in [0.2, 0.25) is 0 Å². The molecule has 2 atom stereocenters. The Labute approximate surface area is 159 Å². The van der Waals surface area contributed by atoms with Crippen LogP contribution in [0.1, 0.15) is 25.7 Å². The summed E-state index contributed by atoms with van der Waals surface area (Å²) in [4.78, 5) is 7.50. The molecule has 1 aromatic carbocycles. The number of likely N-dealkylation sites (tertiary alicyclic amines) is 1. The third-order valence-corrected chi connectivity index (χ3v) is 7.39. The summed E-state index contributed by atoms with van der Waals surface area (Å²) in [5.74, 6) is 1.14. The summed E-state index contributed by atoms with van der Waals surface area (Å²) in [6.45, 7) is 5.96. The van der Waals surface area contributed by atoms with Crippen LogP contribution in [0, 0.1) is 0 Å². The summed E-state index contributed by atoms with van der Waals surface area (Å²) in [6.07, 6.45) is 5.18. The first kappa shape index (κ1) is 16.9. The Balaban J connectivity index is 1.23. The number of fused-ring (bicyclic) bond motifs is 1. The molecule has 1 saturated carbocycles. The van der Waals surface area contributed by atoms with Gasteiger partial charge in [-0.3, -0.25) is 9.80 Å². The molecule has 0 unspecified atom stereocenters. The molecule has 3 aliphatic rings. The summed E-state index contributed by atoms with van der Waals surface area (Å²) in [5, 5.41) is 11.9. The van der Waals surface area contributed by atoms with Crippen molar-refractivity contribution in [2.24, 2.45) is 0 Å². The van der Waals surface area contributed by atoms with E-state index in [2.05, 4.69) is 39.0 Å². The van der Waals surface area contributed by atoms with Crippen LogP contribution in [0.15, 0.2) is 24.3 Å². The fourth-order valence-corrected chi connectivity index (χ4v) is 5.89. The molecule has 3 fully saturated rings. The Kier molecular flexibility index (Phi) is 4.61. The van der Waals surface area contributed by atoms with Crippen molar-refractivity contribution in [1.29, 1.82) is 0 Å². The highest BCUT2D eigenvalue weighted by Gasteiger charge is 2.39. The van der Waals surface area contributed by atoms with Crippen molar-refractivity contribution >= 4 is 27.4 Å². The van der Waals surface area contributed by atoms with Crippen molar-refractivity contribution in [2.75, 3.05) is 44.2 Å². The fraction of sp³-hybridized carbons (Fsp3) is 0.650. The number of aliphatic hydroxyl groups is 1. The molecule has 0 amide bonds. The molecule has 5 rings (SSSR count). The minimum Gasteiger partial charge on any atom is -0.390 e. The number of benzene rings is 1. The summed E-state index contributed by atoms with van der Waals surface area (Å²) < 4.78 is 5.98. The van der Waals surface area contributed by atoms with Gasteiger partial charge in [0.1, 0.15) is 5.82 Å². The first-order chi connectivity index (χ1) is 12.8. The quantitative estimate of drug-likeness (QED) is 0.896. The Hall–Kier alpha value is -1.21. The second-order valence-electron chi connectivity index (χ2n) is 8.05. The van der Waals surface area contributed by atoms with Gasteiger partial charge >= 0.3 is 0 Å². The maximum Gasteiger partial charge on any atom is 0.150 e. The topological polar surface area (TPSA) is 42.8 Å². The molecular weight excluding hydrogens is 344 g/mol. The minimum absolute atomic E-state index is 0.192. The van der Waals surface area contributed by atoms with Crippen LogP contribution >= 0.6 is 11.5 Å². The monoisotopic (exact) mass is 372 g/mol. The van der Waals surface area contributed by atoms with Crippen molar-refractivity contribution in [3.8, 4) is 0 Å². The van der Waals surface area contributed by atoms with E-state index >= 15 is 0 Å². The van der Waals surface area contributed by atoms with E-state index in [9.17, 15) is 5.11 Å². The lowest BCUT2D eigenvalue weighted by atomic mass is 10.1. The molecule has 1 N–H and O–H groups in total. The Morgan fingerprint density at radius 2 is 1.73 bits per heavy atom. The van der Waals surface area contributed by atoms with Gasteiger partial charge in [-0.25, -0.2) is 0 Å². The second-order valence-corrected chi connectivity index (χ2v) is 8.86. The molecule has 1 aliphatic carbocycles. The SMILES string of the molecule is O[C@@H]1CN(C2CCCC2)C[C@H]1N1CCN(c2nsc3ccccc23)CC1. The lowest BCUT2D eigenvalue weighted by molar-refractivity contribution is 0.0790. The predicted molar refractivity (Wildman–Crippen MR) is 107 cm³/mol. The largest absolute Gasteiger partial charge is 0.390 e. The van der Waals surface area contributed by atoms with Crippen LogP contribution in [0.3, 0.4) is 0 Å². The van der Waals surface area contributed by atoms with Crippen molar-refractivity contribution < 1.29 is 5.11 Å². The van der Waals surface area contributed by atoms with E-state index in [0.29, 0.717) is 6.04 Å². The van der Waals surface area contributed by atoms with Gasteiger partial charge in [-0.1, -0.05) is 25.0 Å². The third-order valence-electron chi connectivity index (χ3n) is 6.57. The number of hydrogen-bond acceptors (Lipinski definition) is 6. The first-order valence-corrected chi connectivity index (χ1v) is 10.8. The molecule has 6 heteroatoms. The number of aliphatic hydroxyl groups excluding tert-OH is 1. The Bertz CT molecular complexity index is 751. The van der Waals surface area contributed by atoms with Crippen molar-refractivity contribution in [2.45, 2.75) is 43.9 Å². The standard InChI is InChI=1S/C20H28N4OS/c25-18-14-24(15-5-1-2-6-15)13-17(18)22-9-11-23(12-10-22)20-16-7-3-4-8-19(16)26-21-20/h3-4,7-8,15,17-18,25H,1-2,5-6,9-14H2/t17-,18-/m1/s1. The van der Waals surface area contributed by atoms with E-state index in [0.717, 1.165) is 51.1 Å².